The molecule has 2 aliphatic rings. The fraction of sp³-hybridized carbons (Fsp3) is 0.600. The van der Waals surface area contributed by atoms with Gasteiger partial charge in [-0.15, -0.1) is 0 Å². The molecule has 1 aliphatic heterocycles. The van der Waals surface area contributed by atoms with E-state index in [1.807, 2.05) is 4.90 Å². The summed E-state index contributed by atoms with van der Waals surface area (Å²) in [5, 5.41) is 0. The fourth-order valence-corrected chi connectivity index (χ4v) is 4.30. The van der Waals surface area contributed by atoms with Crippen LogP contribution in [0.3, 0.4) is 0 Å². The topological polar surface area (TPSA) is 59.1 Å². The van der Waals surface area contributed by atoms with Crippen molar-refractivity contribution in [2.24, 2.45) is 11.3 Å². The van der Waals surface area contributed by atoms with Crippen molar-refractivity contribution >= 4 is 11.8 Å². The Hall–Kier alpha value is -2.24. The zero-order valence-electron chi connectivity index (χ0n) is 15.9. The van der Waals surface area contributed by atoms with Crippen LogP contribution >= 0.6 is 0 Å². The van der Waals surface area contributed by atoms with E-state index in [0.717, 1.165) is 31.4 Å². The van der Waals surface area contributed by atoms with Crippen LogP contribution in [0.5, 0.6) is 11.5 Å². The van der Waals surface area contributed by atoms with Crippen LogP contribution in [0.2, 0.25) is 0 Å². The van der Waals surface area contributed by atoms with Crippen LogP contribution in [-0.4, -0.2) is 62.5 Å². The second-order valence-electron chi connectivity index (χ2n) is 7.59. The molecule has 1 saturated heterocycles. The van der Waals surface area contributed by atoms with Crippen LogP contribution in [0.1, 0.15) is 25.7 Å². The van der Waals surface area contributed by atoms with E-state index in [1.165, 1.54) is 0 Å². The molecule has 0 radical (unpaired) electrons. The summed E-state index contributed by atoms with van der Waals surface area (Å²) in [6.45, 7) is 1.16. The Bertz CT molecular complexity index is 650. The van der Waals surface area contributed by atoms with Gasteiger partial charge in [-0.3, -0.25) is 9.59 Å². The molecule has 1 unspecified atom stereocenters. The van der Waals surface area contributed by atoms with Gasteiger partial charge in [-0.05, 0) is 37.1 Å². The van der Waals surface area contributed by atoms with E-state index < -0.39 is 0 Å². The van der Waals surface area contributed by atoms with Gasteiger partial charge >= 0.3 is 0 Å². The first-order chi connectivity index (χ1) is 12.4. The van der Waals surface area contributed by atoms with Crippen LogP contribution in [0.25, 0.3) is 0 Å². The summed E-state index contributed by atoms with van der Waals surface area (Å²) in [5.74, 6) is 1.37. The lowest BCUT2D eigenvalue weighted by Crippen LogP contribution is -2.39. The predicted molar refractivity (Wildman–Crippen MR) is 98.2 cm³/mol. The average molecular weight is 360 g/mol. The molecule has 3 rings (SSSR count). The molecule has 0 aromatic heterocycles. The number of ether oxygens (including phenoxy) is 2. The van der Waals surface area contributed by atoms with Crippen LogP contribution in [0.15, 0.2) is 24.3 Å². The lowest BCUT2D eigenvalue weighted by Gasteiger charge is -2.30. The lowest BCUT2D eigenvalue weighted by molar-refractivity contribution is -0.135. The lowest BCUT2D eigenvalue weighted by atomic mass is 9.76. The molecule has 0 bridgehead atoms. The van der Waals surface area contributed by atoms with Gasteiger partial charge in [-0.2, -0.15) is 0 Å². The zero-order chi connectivity index (χ0) is 18.7. The zero-order valence-corrected chi connectivity index (χ0v) is 15.9. The van der Waals surface area contributed by atoms with Crippen molar-refractivity contribution in [1.82, 2.24) is 9.80 Å². The predicted octanol–water partition coefficient (Wildman–Crippen LogP) is 2.18. The first-order valence-electron chi connectivity index (χ1n) is 9.21. The summed E-state index contributed by atoms with van der Waals surface area (Å²) < 4.78 is 10.7. The molecule has 142 valence electrons. The van der Waals surface area contributed by atoms with Crippen LogP contribution in [0.4, 0.5) is 0 Å². The number of rotatable bonds is 5. The molecule has 2 amide bonds. The maximum atomic E-state index is 12.7. The number of likely N-dealkylation sites (tertiary alicyclic amines) is 1. The first kappa shape index (κ1) is 18.5. The van der Waals surface area contributed by atoms with Crippen LogP contribution < -0.4 is 9.47 Å². The molecule has 1 saturated carbocycles. The van der Waals surface area contributed by atoms with Gasteiger partial charge in [0.2, 0.25) is 5.91 Å². The average Bonchev–Trinajstić information content (AvgIpc) is 3.27. The Kier molecular flexibility index (Phi) is 5.39. The molecule has 1 spiro atoms. The SMILES string of the molecule is COc1ccc(OCC(=O)N2CC(C(=O)N(C)C)C3(CCCC3)C2)cc1. The summed E-state index contributed by atoms with van der Waals surface area (Å²) >= 11 is 0. The molecule has 6 heteroatoms. The van der Waals surface area contributed by atoms with Gasteiger partial charge in [0.1, 0.15) is 11.5 Å². The van der Waals surface area contributed by atoms with Crippen LogP contribution in [-0.2, 0) is 9.59 Å². The Morgan fingerprint density at radius 2 is 1.77 bits per heavy atom. The third kappa shape index (κ3) is 3.64. The summed E-state index contributed by atoms with van der Waals surface area (Å²) in [4.78, 5) is 28.8. The minimum atomic E-state index is -0.0927. The Labute approximate surface area is 155 Å². The van der Waals surface area contributed by atoms with E-state index in [-0.39, 0.29) is 29.8 Å². The summed E-state index contributed by atoms with van der Waals surface area (Å²) in [6.07, 6.45) is 4.34. The Morgan fingerprint density at radius 3 is 2.35 bits per heavy atom. The van der Waals surface area contributed by atoms with Crippen molar-refractivity contribution in [3.05, 3.63) is 24.3 Å². The van der Waals surface area contributed by atoms with E-state index in [2.05, 4.69) is 0 Å². The van der Waals surface area contributed by atoms with E-state index in [9.17, 15) is 9.59 Å². The summed E-state index contributed by atoms with van der Waals surface area (Å²) in [5.41, 5.74) is -0.0445. The molecule has 2 fully saturated rings. The number of carbonyl (C=O) groups excluding carboxylic acids is 2. The second kappa shape index (κ2) is 7.56. The van der Waals surface area contributed by atoms with E-state index >= 15 is 0 Å². The van der Waals surface area contributed by atoms with E-state index in [4.69, 9.17) is 9.47 Å². The smallest absolute Gasteiger partial charge is 0.260 e. The van der Waals surface area contributed by atoms with Gasteiger partial charge in [0.25, 0.3) is 5.91 Å². The van der Waals surface area contributed by atoms with Gasteiger partial charge in [0.05, 0.1) is 13.0 Å². The third-order valence-electron chi connectivity index (χ3n) is 5.76. The first-order valence-corrected chi connectivity index (χ1v) is 9.21. The maximum Gasteiger partial charge on any atom is 0.260 e. The summed E-state index contributed by atoms with van der Waals surface area (Å²) in [6, 6.07) is 7.17. The van der Waals surface area contributed by atoms with Crippen molar-refractivity contribution in [2.45, 2.75) is 25.7 Å². The van der Waals surface area contributed by atoms with Gasteiger partial charge in [0.15, 0.2) is 6.61 Å². The normalized spacial score (nSPS) is 21.0. The van der Waals surface area contributed by atoms with Crippen LogP contribution in [0, 0.1) is 11.3 Å². The van der Waals surface area contributed by atoms with Gasteiger partial charge < -0.3 is 19.3 Å². The monoisotopic (exact) mass is 360 g/mol. The highest BCUT2D eigenvalue weighted by Crippen LogP contribution is 2.49. The van der Waals surface area contributed by atoms with Crippen molar-refractivity contribution in [3.8, 4) is 11.5 Å². The highest BCUT2D eigenvalue weighted by atomic mass is 16.5. The number of nitrogens with zero attached hydrogens (tertiary/aromatic N) is 2. The van der Waals surface area contributed by atoms with Crippen molar-refractivity contribution in [1.29, 1.82) is 0 Å². The van der Waals surface area contributed by atoms with Crippen molar-refractivity contribution in [3.63, 3.8) is 0 Å². The minimum absolute atomic E-state index is 0.00865. The summed E-state index contributed by atoms with van der Waals surface area (Å²) in [7, 11) is 5.20. The molecule has 0 N–H and O–H groups in total. The molecular formula is C20H28N2O4. The van der Waals surface area contributed by atoms with E-state index in [0.29, 0.717) is 18.8 Å². The largest absolute Gasteiger partial charge is 0.497 e. The maximum absolute atomic E-state index is 12.7. The molecule has 1 aliphatic carbocycles. The van der Waals surface area contributed by atoms with Crippen molar-refractivity contribution < 1.29 is 19.1 Å². The van der Waals surface area contributed by atoms with E-state index in [1.54, 1.807) is 50.4 Å². The molecule has 6 nitrogen and oxygen atoms in total. The van der Waals surface area contributed by atoms with Gasteiger partial charge in [-0.1, -0.05) is 12.8 Å². The van der Waals surface area contributed by atoms with Gasteiger partial charge in [0, 0.05) is 32.6 Å². The Morgan fingerprint density at radius 1 is 1.15 bits per heavy atom. The number of carbonyl (C=O) groups is 2. The highest BCUT2D eigenvalue weighted by molar-refractivity contribution is 5.83. The molecule has 1 atom stereocenters. The molecule has 1 heterocycles. The molecular weight excluding hydrogens is 332 g/mol. The van der Waals surface area contributed by atoms with Gasteiger partial charge in [-0.25, -0.2) is 0 Å². The third-order valence-corrected chi connectivity index (χ3v) is 5.76. The second-order valence-corrected chi connectivity index (χ2v) is 7.59. The number of hydrogen-bond acceptors (Lipinski definition) is 4. The highest BCUT2D eigenvalue weighted by Gasteiger charge is 2.52. The number of hydrogen-bond donors (Lipinski definition) is 0. The standard InChI is InChI=1S/C20H28N2O4/c1-21(2)19(24)17-12-22(14-20(17)10-4-5-11-20)18(23)13-26-16-8-6-15(25-3)7-9-16/h6-9,17H,4-5,10-14H2,1-3H3. The minimum Gasteiger partial charge on any atom is -0.497 e. The number of benzene rings is 1. The Balaban J connectivity index is 1.63. The molecule has 26 heavy (non-hydrogen) atoms. The number of amides is 2. The molecule has 1 aromatic rings. The van der Waals surface area contributed by atoms with Crippen molar-refractivity contribution in [2.75, 3.05) is 40.9 Å². The quantitative estimate of drug-likeness (QED) is 0.808. The number of methoxy groups -OCH3 is 1. The fourth-order valence-electron chi connectivity index (χ4n) is 4.30. The molecule has 1 aromatic carbocycles.